The number of carbonyl (C=O) groups is 1. The number of aromatic nitrogens is 3. The lowest BCUT2D eigenvalue weighted by atomic mass is 10.0. The Morgan fingerprint density at radius 2 is 2.00 bits per heavy atom. The summed E-state index contributed by atoms with van der Waals surface area (Å²) in [5, 5.41) is 8.09. The SMILES string of the molecule is Cc1nc2n(n1)C[C@@H](N[C@@H](C(=O)N1CCCC1)c1ccccc1)CC2. The molecule has 1 aromatic heterocycles. The third-order valence-corrected chi connectivity index (χ3v) is 5.16. The molecular weight excluding hydrogens is 314 g/mol. The fourth-order valence-corrected chi connectivity index (χ4v) is 3.88. The van der Waals surface area contributed by atoms with Crippen molar-refractivity contribution in [2.75, 3.05) is 13.1 Å². The van der Waals surface area contributed by atoms with E-state index in [-0.39, 0.29) is 18.0 Å². The molecule has 6 heteroatoms. The minimum absolute atomic E-state index is 0.198. The number of amides is 1. The maximum absolute atomic E-state index is 13.1. The van der Waals surface area contributed by atoms with Crippen molar-refractivity contribution >= 4 is 5.91 Å². The van der Waals surface area contributed by atoms with Gasteiger partial charge in [-0.15, -0.1) is 0 Å². The summed E-state index contributed by atoms with van der Waals surface area (Å²) in [7, 11) is 0. The Kier molecular flexibility index (Phi) is 4.53. The number of rotatable bonds is 4. The minimum atomic E-state index is -0.282. The summed E-state index contributed by atoms with van der Waals surface area (Å²) in [6.45, 7) is 4.45. The van der Waals surface area contributed by atoms with Gasteiger partial charge in [0.2, 0.25) is 5.91 Å². The highest BCUT2D eigenvalue weighted by molar-refractivity contribution is 5.83. The highest BCUT2D eigenvalue weighted by Gasteiger charge is 2.31. The third kappa shape index (κ3) is 3.44. The van der Waals surface area contributed by atoms with Crippen LogP contribution in [0.3, 0.4) is 0 Å². The normalized spacial score (nSPS) is 21.2. The number of nitrogens with zero attached hydrogens (tertiary/aromatic N) is 4. The number of likely N-dealkylation sites (tertiary alicyclic amines) is 1. The summed E-state index contributed by atoms with van der Waals surface area (Å²) >= 11 is 0. The molecule has 132 valence electrons. The van der Waals surface area contributed by atoms with Crippen molar-refractivity contribution in [1.82, 2.24) is 25.0 Å². The fraction of sp³-hybridized carbons (Fsp3) is 0.526. The maximum Gasteiger partial charge on any atom is 0.244 e. The van der Waals surface area contributed by atoms with E-state index in [4.69, 9.17) is 0 Å². The first-order valence-electron chi connectivity index (χ1n) is 9.21. The molecule has 2 aliphatic heterocycles. The van der Waals surface area contributed by atoms with Crippen LogP contribution in [0, 0.1) is 6.92 Å². The van der Waals surface area contributed by atoms with Crippen LogP contribution in [0.2, 0.25) is 0 Å². The average Bonchev–Trinajstić information content (AvgIpc) is 3.28. The van der Waals surface area contributed by atoms with Crippen molar-refractivity contribution in [2.45, 2.75) is 51.2 Å². The molecule has 2 aromatic rings. The number of fused-ring (bicyclic) bond motifs is 1. The van der Waals surface area contributed by atoms with Crippen LogP contribution in [0.5, 0.6) is 0 Å². The molecule has 1 aromatic carbocycles. The van der Waals surface area contributed by atoms with Gasteiger partial charge in [0.15, 0.2) is 0 Å². The van der Waals surface area contributed by atoms with E-state index in [1.54, 1.807) is 0 Å². The zero-order valence-electron chi connectivity index (χ0n) is 14.7. The van der Waals surface area contributed by atoms with E-state index in [1.807, 2.05) is 46.8 Å². The van der Waals surface area contributed by atoms with Crippen molar-refractivity contribution in [1.29, 1.82) is 0 Å². The van der Waals surface area contributed by atoms with E-state index in [0.717, 1.165) is 62.5 Å². The number of nitrogens with one attached hydrogen (secondary N) is 1. The van der Waals surface area contributed by atoms with E-state index >= 15 is 0 Å². The van der Waals surface area contributed by atoms with Crippen LogP contribution < -0.4 is 5.32 Å². The molecule has 1 saturated heterocycles. The Bertz CT molecular complexity index is 736. The number of hydrogen-bond donors (Lipinski definition) is 1. The fourth-order valence-electron chi connectivity index (χ4n) is 3.88. The van der Waals surface area contributed by atoms with Crippen LogP contribution in [-0.2, 0) is 17.8 Å². The molecule has 2 atom stereocenters. The second kappa shape index (κ2) is 6.96. The standard InChI is InChI=1S/C19H25N5O/c1-14-20-17-10-9-16(13-24(17)22-14)21-18(15-7-3-2-4-8-15)19(25)23-11-5-6-12-23/h2-4,7-8,16,18,21H,5-6,9-13H2,1H3/t16-,18+/m0/s1. The molecule has 1 amide bonds. The Hall–Kier alpha value is -2.21. The van der Waals surface area contributed by atoms with Gasteiger partial charge in [0.25, 0.3) is 0 Å². The van der Waals surface area contributed by atoms with E-state index in [2.05, 4.69) is 15.4 Å². The lowest BCUT2D eigenvalue weighted by molar-refractivity contribution is -0.132. The Morgan fingerprint density at radius 3 is 2.76 bits per heavy atom. The summed E-state index contributed by atoms with van der Waals surface area (Å²) in [6.07, 6.45) is 4.10. The second-order valence-electron chi connectivity index (χ2n) is 7.04. The largest absolute Gasteiger partial charge is 0.341 e. The van der Waals surface area contributed by atoms with Gasteiger partial charge >= 0.3 is 0 Å². The van der Waals surface area contributed by atoms with Gasteiger partial charge in [0, 0.05) is 25.6 Å². The molecule has 1 N–H and O–H groups in total. The maximum atomic E-state index is 13.1. The van der Waals surface area contributed by atoms with Gasteiger partial charge in [-0.1, -0.05) is 30.3 Å². The quantitative estimate of drug-likeness (QED) is 0.923. The van der Waals surface area contributed by atoms with Gasteiger partial charge < -0.3 is 4.90 Å². The van der Waals surface area contributed by atoms with E-state index < -0.39 is 0 Å². The first-order valence-corrected chi connectivity index (χ1v) is 9.21. The highest BCUT2D eigenvalue weighted by atomic mass is 16.2. The molecule has 2 aliphatic rings. The Labute approximate surface area is 148 Å². The number of hydrogen-bond acceptors (Lipinski definition) is 4. The summed E-state index contributed by atoms with van der Waals surface area (Å²) in [5.74, 6) is 2.07. The number of aryl methyl sites for hydroxylation is 2. The van der Waals surface area contributed by atoms with Crippen LogP contribution in [0.1, 0.15) is 42.5 Å². The van der Waals surface area contributed by atoms with Crippen LogP contribution in [0.4, 0.5) is 0 Å². The van der Waals surface area contributed by atoms with Crippen LogP contribution in [-0.4, -0.2) is 44.7 Å². The van der Waals surface area contributed by atoms with Gasteiger partial charge in [-0.3, -0.25) is 10.1 Å². The molecule has 0 radical (unpaired) electrons. The zero-order valence-corrected chi connectivity index (χ0v) is 14.7. The van der Waals surface area contributed by atoms with Crippen molar-refractivity contribution in [2.24, 2.45) is 0 Å². The second-order valence-corrected chi connectivity index (χ2v) is 7.04. The first kappa shape index (κ1) is 16.3. The Morgan fingerprint density at radius 1 is 1.24 bits per heavy atom. The topological polar surface area (TPSA) is 63.1 Å². The number of benzene rings is 1. The third-order valence-electron chi connectivity index (χ3n) is 5.16. The van der Waals surface area contributed by atoms with Crippen molar-refractivity contribution in [3.8, 4) is 0 Å². The first-order chi connectivity index (χ1) is 12.2. The van der Waals surface area contributed by atoms with Crippen LogP contribution >= 0.6 is 0 Å². The lowest BCUT2D eigenvalue weighted by Crippen LogP contribution is -2.46. The number of carbonyl (C=O) groups excluding carboxylic acids is 1. The minimum Gasteiger partial charge on any atom is -0.341 e. The van der Waals surface area contributed by atoms with Crippen molar-refractivity contribution in [3.05, 3.63) is 47.5 Å². The lowest BCUT2D eigenvalue weighted by Gasteiger charge is -2.30. The molecule has 0 unspecified atom stereocenters. The average molecular weight is 339 g/mol. The monoisotopic (exact) mass is 339 g/mol. The zero-order chi connectivity index (χ0) is 17.2. The van der Waals surface area contributed by atoms with Crippen LogP contribution in [0.25, 0.3) is 0 Å². The summed E-state index contributed by atoms with van der Waals surface area (Å²) in [6, 6.07) is 10.0. The molecule has 25 heavy (non-hydrogen) atoms. The molecule has 3 heterocycles. The highest BCUT2D eigenvalue weighted by Crippen LogP contribution is 2.22. The molecular formula is C19H25N5O. The molecule has 4 rings (SSSR count). The molecule has 0 aliphatic carbocycles. The van der Waals surface area contributed by atoms with Gasteiger partial charge in [-0.05, 0) is 31.7 Å². The predicted octanol–water partition coefficient (Wildman–Crippen LogP) is 1.85. The summed E-state index contributed by atoms with van der Waals surface area (Å²) in [4.78, 5) is 19.6. The van der Waals surface area contributed by atoms with Crippen LogP contribution in [0.15, 0.2) is 30.3 Å². The smallest absolute Gasteiger partial charge is 0.244 e. The molecule has 0 bridgehead atoms. The van der Waals surface area contributed by atoms with E-state index in [9.17, 15) is 4.79 Å². The van der Waals surface area contributed by atoms with Gasteiger partial charge in [0.05, 0.1) is 6.54 Å². The molecule has 0 spiro atoms. The van der Waals surface area contributed by atoms with Crippen molar-refractivity contribution < 1.29 is 4.79 Å². The molecule has 1 fully saturated rings. The van der Waals surface area contributed by atoms with Gasteiger partial charge in [-0.2, -0.15) is 5.10 Å². The Balaban J connectivity index is 1.53. The summed E-state index contributed by atoms with van der Waals surface area (Å²) < 4.78 is 1.99. The van der Waals surface area contributed by atoms with Gasteiger partial charge in [0.1, 0.15) is 17.7 Å². The molecule has 0 saturated carbocycles. The van der Waals surface area contributed by atoms with E-state index in [0.29, 0.717) is 0 Å². The summed E-state index contributed by atoms with van der Waals surface area (Å²) in [5.41, 5.74) is 1.04. The van der Waals surface area contributed by atoms with Gasteiger partial charge in [-0.25, -0.2) is 9.67 Å². The van der Waals surface area contributed by atoms with E-state index in [1.165, 1.54) is 0 Å². The van der Waals surface area contributed by atoms with Crippen molar-refractivity contribution in [3.63, 3.8) is 0 Å². The predicted molar refractivity (Wildman–Crippen MR) is 95.0 cm³/mol. The molecule has 6 nitrogen and oxygen atoms in total.